The number of hydrogen-bond donors (Lipinski definition) is 1. The maximum atomic E-state index is 3.07. The van der Waals surface area contributed by atoms with E-state index in [9.17, 15) is 0 Å². The fourth-order valence-electron chi connectivity index (χ4n) is 1.05. The van der Waals surface area contributed by atoms with Crippen LogP contribution >= 0.6 is 12.1 Å². The predicted octanol–water partition coefficient (Wildman–Crippen LogP) is 1.42. The van der Waals surface area contributed by atoms with E-state index in [1.54, 1.807) is 12.1 Å². The molecule has 0 unspecified atom stereocenters. The Morgan fingerprint density at radius 2 is 1.80 bits per heavy atom. The van der Waals surface area contributed by atoms with Crippen molar-refractivity contribution >= 4 is 12.1 Å². The van der Waals surface area contributed by atoms with Crippen LogP contribution < -0.4 is 4.72 Å². The largest absolute Gasteiger partial charge is 0.254 e. The summed E-state index contributed by atoms with van der Waals surface area (Å²) in [4.78, 5) is 0. The van der Waals surface area contributed by atoms with Crippen LogP contribution in [-0.2, 0) is 0 Å². The van der Waals surface area contributed by atoms with Gasteiger partial charge in [0, 0.05) is 25.2 Å². The zero-order chi connectivity index (χ0) is 7.56. The normalized spacial score (nSPS) is 20.7. The SMILES string of the molecule is CNSN1CC(C)=C(C)C1. The van der Waals surface area contributed by atoms with Gasteiger partial charge in [-0.25, -0.2) is 4.31 Å². The third-order valence-corrected chi connectivity index (χ3v) is 2.47. The van der Waals surface area contributed by atoms with Gasteiger partial charge in [0.05, 0.1) is 0 Å². The second-order valence-electron chi connectivity index (χ2n) is 2.65. The summed E-state index contributed by atoms with van der Waals surface area (Å²) in [6, 6.07) is 0. The molecule has 1 N–H and O–H groups in total. The summed E-state index contributed by atoms with van der Waals surface area (Å²) in [5, 5.41) is 0. The van der Waals surface area contributed by atoms with E-state index < -0.39 is 0 Å². The molecule has 0 aromatic rings. The molecule has 0 atom stereocenters. The molecule has 0 spiro atoms. The highest BCUT2D eigenvalue weighted by Crippen LogP contribution is 2.20. The first-order valence-corrected chi connectivity index (χ1v) is 4.25. The van der Waals surface area contributed by atoms with Crippen molar-refractivity contribution < 1.29 is 0 Å². The van der Waals surface area contributed by atoms with Crippen LogP contribution in [0.5, 0.6) is 0 Å². The van der Waals surface area contributed by atoms with E-state index in [0.29, 0.717) is 0 Å². The van der Waals surface area contributed by atoms with Gasteiger partial charge in [-0.05, 0) is 20.9 Å². The average molecular weight is 158 g/mol. The van der Waals surface area contributed by atoms with Crippen LogP contribution in [0.15, 0.2) is 11.1 Å². The van der Waals surface area contributed by atoms with Crippen molar-refractivity contribution in [1.82, 2.24) is 9.03 Å². The standard InChI is InChI=1S/C7H14N2S/c1-6-4-9(10-8-3)5-7(6)2/h8H,4-5H2,1-3H3. The summed E-state index contributed by atoms with van der Waals surface area (Å²) in [5.74, 6) is 0. The van der Waals surface area contributed by atoms with Crippen molar-refractivity contribution in [3.63, 3.8) is 0 Å². The molecule has 0 aromatic carbocycles. The zero-order valence-corrected chi connectivity index (χ0v) is 7.59. The predicted molar refractivity (Wildman–Crippen MR) is 46.6 cm³/mol. The fourth-order valence-corrected chi connectivity index (χ4v) is 1.82. The van der Waals surface area contributed by atoms with E-state index >= 15 is 0 Å². The van der Waals surface area contributed by atoms with Crippen LogP contribution in [0.2, 0.25) is 0 Å². The van der Waals surface area contributed by atoms with E-state index in [1.807, 2.05) is 7.05 Å². The Balaban J connectivity index is 2.36. The molecule has 1 heterocycles. The van der Waals surface area contributed by atoms with E-state index in [4.69, 9.17) is 0 Å². The molecule has 1 aliphatic heterocycles. The number of nitrogens with zero attached hydrogens (tertiary/aromatic N) is 1. The van der Waals surface area contributed by atoms with Crippen LogP contribution in [0.1, 0.15) is 13.8 Å². The Morgan fingerprint density at radius 1 is 1.30 bits per heavy atom. The van der Waals surface area contributed by atoms with Crippen molar-refractivity contribution in [2.24, 2.45) is 0 Å². The van der Waals surface area contributed by atoms with Gasteiger partial charge in [-0.15, -0.1) is 0 Å². The molecule has 0 saturated carbocycles. The molecule has 0 aliphatic carbocycles. The molecule has 0 saturated heterocycles. The average Bonchev–Trinajstić information content (AvgIpc) is 2.14. The van der Waals surface area contributed by atoms with Crippen molar-refractivity contribution in [2.75, 3.05) is 20.1 Å². The second-order valence-corrected chi connectivity index (χ2v) is 3.76. The molecule has 0 amide bonds. The van der Waals surface area contributed by atoms with Crippen molar-refractivity contribution in [2.45, 2.75) is 13.8 Å². The quantitative estimate of drug-likeness (QED) is 0.483. The van der Waals surface area contributed by atoms with E-state index in [0.717, 1.165) is 13.1 Å². The minimum absolute atomic E-state index is 1.11. The molecule has 0 bridgehead atoms. The fraction of sp³-hybridized carbons (Fsp3) is 0.714. The van der Waals surface area contributed by atoms with E-state index in [-0.39, 0.29) is 0 Å². The maximum absolute atomic E-state index is 3.07. The van der Waals surface area contributed by atoms with Crippen LogP contribution in [0.3, 0.4) is 0 Å². The van der Waals surface area contributed by atoms with Gasteiger partial charge in [0.1, 0.15) is 0 Å². The number of hydrogen-bond acceptors (Lipinski definition) is 3. The highest BCUT2D eigenvalue weighted by Gasteiger charge is 2.15. The molecule has 0 fully saturated rings. The van der Waals surface area contributed by atoms with Crippen LogP contribution in [0.4, 0.5) is 0 Å². The van der Waals surface area contributed by atoms with Gasteiger partial charge in [-0.1, -0.05) is 11.1 Å². The molecular weight excluding hydrogens is 144 g/mol. The Labute approximate surface area is 66.9 Å². The highest BCUT2D eigenvalue weighted by atomic mass is 32.2. The highest BCUT2D eigenvalue weighted by molar-refractivity contribution is 7.95. The lowest BCUT2D eigenvalue weighted by molar-refractivity contribution is 0.590. The molecule has 2 nitrogen and oxygen atoms in total. The monoisotopic (exact) mass is 158 g/mol. The summed E-state index contributed by atoms with van der Waals surface area (Å²) in [6.45, 7) is 6.62. The molecule has 1 rings (SSSR count). The lowest BCUT2D eigenvalue weighted by Crippen LogP contribution is -2.16. The summed E-state index contributed by atoms with van der Waals surface area (Å²) in [7, 11) is 1.95. The topological polar surface area (TPSA) is 15.3 Å². The molecular formula is C7H14N2S. The van der Waals surface area contributed by atoms with Crippen LogP contribution in [0, 0.1) is 0 Å². The van der Waals surface area contributed by atoms with Gasteiger partial charge in [-0.3, -0.25) is 4.72 Å². The maximum Gasteiger partial charge on any atom is 0.0315 e. The van der Waals surface area contributed by atoms with E-state index in [1.165, 1.54) is 11.1 Å². The summed E-state index contributed by atoms with van der Waals surface area (Å²) in [5.41, 5.74) is 3.03. The summed E-state index contributed by atoms with van der Waals surface area (Å²) >= 11 is 1.69. The van der Waals surface area contributed by atoms with Gasteiger partial charge < -0.3 is 0 Å². The van der Waals surface area contributed by atoms with Gasteiger partial charge >= 0.3 is 0 Å². The van der Waals surface area contributed by atoms with Crippen molar-refractivity contribution in [1.29, 1.82) is 0 Å². The lowest BCUT2D eigenvalue weighted by atomic mass is 10.2. The Bertz CT molecular complexity index is 140. The first-order valence-electron chi connectivity index (χ1n) is 3.48. The summed E-state index contributed by atoms with van der Waals surface area (Å²) in [6.07, 6.45) is 0. The number of rotatable bonds is 2. The van der Waals surface area contributed by atoms with Gasteiger partial charge in [0.2, 0.25) is 0 Å². The van der Waals surface area contributed by atoms with Gasteiger partial charge in [-0.2, -0.15) is 0 Å². The minimum atomic E-state index is 1.11. The lowest BCUT2D eigenvalue weighted by Gasteiger charge is -2.11. The third kappa shape index (κ3) is 1.75. The number of nitrogens with one attached hydrogen (secondary N) is 1. The Hall–Kier alpha value is 0.0100. The molecule has 0 aromatic heterocycles. The van der Waals surface area contributed by atoms with Crippen molar-refractivity contribution in [3.8, 4) is 0 Å². The summed E-state index contributed by atoms with van der Waals surface area (Å²) < 4.78 is 5.38. The van der Waals surface area contributed by atoms with E-state index in [2.05, 4.69) is 22.9 Å². The van der Waals surface area contributed by atoms with Crippen LogP contribution in [0.25, 0.3) is 0 Å². The first kappa shape index (κ1) is 8.11. The Kier molecular flexibility index (Phi) is 2.77. The van der Waals surface area contributed by atoms with Gasteiger partial charge in [0.25, 0.3) is 0 Å². The molecule has 1 aliphatic rings. The first-order chi connectivity index (χ1) is 4.74. The Morgan fingerprint density at radius 3 is 2.20 bits per heavy atom. The molecule has 0 radical (unpaired) electrons. The smallest absolute Gasteiger partial charge is 0.0315 e. The van der Waals surface area contributed by atoms with Crippen LogP contribution in [-0.4, -0.2) is 24.4 Å². The third-order valence-electron chi connectivity index (χ3n) is 1.78. The van der Waals surface area contributed by atoms with Crippen molar-refractivity contribution in [3.05, 3.63) is 11.1 Å². The molecule has 3 heteroatoms. The zero-order valence-electron chi connectivity index (χ0n) is 6.77. The second kappa shape index (κ2) is 3.42. The molecule has 58 valence electrons. The molecule has 10 heavy (non-hydrogen) atoms. The van der Waals surface area contributed by atoms with Gasteiger partial charge in [0.15, 0.2) is 0 Å². The minimum Gasteiger partial charge on any atom is -0.254 e.